The maximum atomic E-state index is 3.61. The predicted octanol–water partition coefficient (Wildman–Crippen LogP) is 3.19. The van der Waals surface area contributed by atoms with Gasteiger partial charge in [-0.15, -0.1) is 0 Å². The molecule has 1 rings (SSSR count). The average molecular weight is 248 g/mol. The van der Waals surface area contributed by atoms with Crippen molar-refractivity contribution >= 4 is 15.9 Å². The van der Waals surface area contributed by atoms with Crippen LogP contribution in [0, 0.1) is 11.3 Å². The Morgan fingerprint density at radius 1 is 1.38 bits per heavy atom. The van der Waals surface area contributed by atoms with Crippen LogP contribution in [0.3, 0.4) is 0 Å². The molecule has 0 bridgehead atoms. The molecule has 0 spiro atoms. The first-order valence-corrected chi connectivity index (χ1v) is 6.45. The van der Waals surface area contributed by atoms with Crippen LogP contribution in [0.25, 0.3) is 0 Å². The number of alkyl halides is 1. The maximum absolute atomic E-state index is 3.61. The Morgan fingerprint density at radius 2 is 2.08 bits per heavy atom. The Balaban J connectivity index is 2.38. The molecule has 0 saturated heterocycles. The van der Waals surface area contributed by atoms with Crippen molar-refractivity contribution in [3.8, 4) is 0 Å². The molecule has 1 aliphatic rings. The fourth-order valence-electron chi connectivity index (χ4n) is 2.76. The van der Waals surface area contributed by atoms with Crippen LogP contribution in [0.5, 0.6) is 0 Å². The molecule has 1 saturated carbocycles. The Labute approximate surface area is 90.8 Å². The van der Waals surface area contributed by atoms with E-state index in [0.29, 0.717) is 5.41 Å². The van der Waals surface area contributed by atoms with Gasteiger partial charge in [0.05, 0.1) is 0 Å². The molecule has 1 N–H and O–H groups in total. The number of halogens is 1. The lowest BCUT2D eigenvalue weighted by molar-refractivity contribution is 0.153. The molecular formula is C11H22BrN. The molecule has 0 radical (unpaired) electrons. The largest absolute Gasteiger partial charge is 0.313 e. The number of hydrogen-bond donors (Lipinski definition) is 1. The summed E-state index contributed by atoms with van der Waals surface area (Å²) in [4.78, 5) is 0. The predicted molar refractivity (Wildman–Crippen MR) is 62.4 cm³/mol. The molecule has 1 nitrogen and oxygen atoms in total. The van der Waals surface area contributed by atoms with E-state index in [1.807, 2.05) is 0 Å². The monoisotopic (exact) mass is 247 g/mol. The summed E-state index contributed by atoms with van der Waals surface area (Å²) >= 11 is 3.46. The fourth-order valence-corrected chi connectivity index (χ4v) is 2.99. The van der Waals surface area contributed by atoms with Crippen LogP contribution in [-0.4, -0.2) is 17.9 Å². The standard InChI is InChI=1S/C11H22BrN/c1-9-6-10(13-5-4-12)8-11(2,3)7-9/h9-10,13H,4-8H2,1-3H3. The summed E-state index contributed by atoms with van der Waals surface area (Å²) < 4.78 is 0. The van der Waals surface area contributed by atoms with Gasteiger partial charge in [-0.25, -0.2) is 0 Å². The van der Waals surface area contributed by atoms with E-state index >= 15 is 0 Å². The van der Waals surface area contributed by atoms with Crippen molar-refractivity contribution in [2.75, 3.05) is 11.9 Å². The van der Waals surface area contributed by atoms with Crippen molar-refractivity contribution in [3.63, 3.8) is 0 Å². The average Bonchev–Trinajstić information content (AvgIpc) is 1.97. The van der Waals surface area contributed by atoms with Gasteiger partial charge >= 0.3 is 0 Å². The maximum Gasteiger partial charge on any atom is 0.0157 e. The van der Waals surface area contributed by atoms with Crippen LogP contribution in [0.1, 0.15) is 40.0 Å². The lowest BCUT2D eigenvalue weighted by Gasteiger charge is -2.39. The fraction of sp³-hybridized carbons (Fsp3) is 1.00. The second kappa shape index (κ2) is 4.79. The molecule has 0 aliphatic heterocycles. The molecule has 2 atom stereocenters. The molecule has 1 fully saturated rings. The van der Waals surface area contributed by atoms with E-state index in [1.54, 1.807) is 0 Å². The summed E-state index contributed by atoms with van der Waals surface area (Å²) in [5, 5.41) is 4.68. The molecule has 0 heterocycles. The summed E-state index contributed by atoms with van der Waals surface area (Å²) in [5.41, 5.74) is 0.543. The third kappa shape index (κ3) is 3.99. The summed E-state index contributed by atoms with van der Waals surface area (Å²) in [6.45, 7) is 8.27. The van der Waals surface area contributed by atoms with Crippen molar-refractivity contribution < 1.29 is 0 Å². The van der Waals surface area contributed by atoms with Gasteiger partial charge < -0.3 is 5.32 Å². The Hall–Kier alpha value is 0.440. The highest BCUT2D eigenvalue weighted by molar-refractivity contribution is 9.09. The van der Waals surface area contributed by atoms with Gasteiger partial charge in [-0.3, -0.25) is 0 Å². The Kier molecular flexibility index (Phi) is 4.24. The first-order chi connectivity index (χ1) is 6.03. The van der Waals surface area contributed by atoms with Crippen LogP contribution in [-0.2, 0) is 0 Å². The topological polar surface area (TPSA) is 12.0 Å². The quantitative estimate of drug-likeness (QED) is 0.756. The van der Waals surface area contributed by atoms with Gasteiger partial charge in [0.25, 0.3) is 0 Å². The summed E-state index contributed by atoms with van der Waals surface area (Å²) in [6.07, 6.45) is 4.08. The van der Waals surface area contributed by atoms with E-state index in [0.717, 1.165) is 23.8 Å². The van der Waals surface area contributed by atoms with E-state index < -0.39 is 0 Å². The molecule has 1 aliphatic carbocycles. The minimum Gasteiger partial charge on any atom is -0.313 e. The second-order valence-corrected chi connectivity index (χ2v) is 6.05. The normalized spacial score (nSPS) is 33.2. The lowest BCUT2D eigenvalue weighted by Crippen LogP contribution is -2.40. The van der Waals surface area contributed by atoms with E-state index in [1.165, 1.54) is 19.3 Å². The van der Waals surface area contributed by atoms with Crippen molar-refractivity contribution in [1.29, 1.82) is 0 Å². The van der Waals surface area contributed by atoms with Gasteiger partial charge in [0, 0.05) is 17.9 Å². The molecular weight excluding hydrogens is 226 g/mol. The van der Waals surface area contributed by atoms with Gasteiger partial charge in [-0.2, -0.15) is 0 Å². The van der Waals surface area contributed by atoms with Gasteiger partial charge in [-0.05, 0) is 30.6 Å². The molecule has 78 valence electrons. The molecule has 0 aromatic rings. The molecule has 0 aromatic heterocycles. The Bertz CT molecular complexity index is 156. The van der Waals surface area contributed by atoms with Gasteiger partial charge in [-0.1, -0.05) is 36.7 Å². The zero-order valence-electron chi connectivity index (χ0n) is 9.07. The molecule has 0 aromatic carbocycles. The Morgan fingerprint density at radius 3 is 2.62 bits per heavy atom. The van der Waals surface area contributed by atoms with Crippen LogP contribution in [0.2, 0.25) is 0 Å². The third-order valence-electron chi connectivity index (χ3n) is 2.91. The molecule has 2 unspecified atom stereocenters. The van der Waals surface area contributed by atoms with Crippen LogP contribution < -0.4 is 5.32 Å². The van der Waals surface area contributed by atoms with Gasteiger partial charge in [0.2, 0.25) is 0 Å². The van der Waals surface area contributed by atoms with E-state index in [-0.39, 0.29) is 0 Å². The van der Waals surface area contributed by atoms with Crippen molar-refractivity contribution in [3.05, 3.63) is 0 Å². The summed E-state index contributed by atoms with van der Waals surface area (Å²) in [5.74, 6) is 0.886. The third-order valence-corrected chi connectivity index (χ3v) is 3.31. The highest BCUT2D eigenvalue weighted by Crippen LogP contribution is 2.38. The lowest BCUT2D eigenvalue weighted by atomic mass is 9.70. The first-order valence-electron chi connectivity index (χ1n) is 5.33. The zero-order chi connectivity index (χ0) is 9.90. The van der Waals surface area contributed by atoms with E-state index in [4.69, 9.17) is 0 Å². The van der Waals surface area contributed by atoms with Crippen molar-refractivity contribution in [2.24, 2.45) is 11.3 Å². The number of rotatable bonds is 3. The number of nitrogens with one attached hydrogen (secondary N) is 1. The minimum atomic E-state index is 0.543. The van der Waals surface area contributed by atoms with Gasteiger partial charge in [0.1, 0.15) is 0 Å². The number of hydrogen-bond acceptors (Lipinski definition) is 1. The van der Waals surface area contributed by atoms with Gasteiger partial charge in [0.15, 0.2) is 0 Å². The summed E-state index contributed by atoms with van der Waals surface area (Å²) in [7, 11) is 0. The molecule has 13 heavy (non-hydrogen) atoms. The molecule has 0 amide bonds. The first kappa shape index (κ1) is 11.5. The second-order valence-electron chi connectivity index (χ2n) is 5.25. The smallest absolute Gasteiger partial charge is 0.0157 e. The van der Waals surface area contributed by atoms with Crippen LogP contribution in [0.15, 0.2) is 0 Å². The van der Waals surface area contributed by atoms with Crippen LogP contribution >= 0.6 is 15.9 Å². The van der Waals surface area contributed by atoms with E-state index in [9.17, 15) is 0 Å². The zero-order valence-corrected chi connectivity index (χ0v) is 10.7. The SMILES string of the molecule is CC1CC(NCCBr)CC(C)(C)C1. The molecule has 2 heteroatoms. The van der Waals surface area contributed by atoms with E-state index in [2.05, 4.69) is 42.0 Å². The highest BCUT2D eigenvalue weighted by Gasteiger charge is 2.31. The van der Waals surface area contributed by atoms with Crippen LogP contribution in [0.4, 0.5) is 0 Å². The van der Waals surface area contributed by atoms with Crippen molar-refractivity contribution in [1.82, 2.24) is 5.32 Å². The summed E-state index contributed by atoms with van der Waals surface area (Å²) in [6, 6.07) is 0.747. The van der Waals surface area contributed by atoms with Crippen molar-refractivity contribution in [2.45, 2.75) is 46.1 Å². The highest BCUT2D eigenvalue weighted by atomic mass is 79.9. The minimum absolute atomic E-state index is 0.543.